The van der Waals surface area contributed by atoms with E-state index >= 15 is 0 Å². The van der Waals surface area contributed by atoms with E-state index in [0.29, 0.717) is 12.2 Å². The number of anilines is 1. The van der Waals surface area contributed by atoms with Crippen LogP contribution in [0.1, 0.15) is 41.6 Å². The molecule has 38 heavy (non-hydrogen) atoms. The number of carboxylic acid groups (broad SMARTS) is 2. The first-order valence-electron chi connectivity index (χ1n) is 11.9. The van der Waals surface area contributed by atoms with Crippen LogP contribution >= 0.6 is 0 Å². The van der Waals surface area contributed by atoms with Crippen molar-refractivity contribution in [2.45, 2.75) is 30.6 Å². The largest absolute Gasteiger partial charge is 0.478 e. The highest BCUT2D eigenvalue weighted by Gasteiger charge is 2.41. The lowest BCUT2D eigenvalue weighted by Gasteiger charge is -2.33. The van der Waals surface area contributed by atoms with Crippen LogP contribution in [-0.2, 0) is 24.4 Å². The molecule has 1 fully saturated rings. The highest BCUT2D eigenvalue weighted by molar-refractivity contribution is 7.90. The number of nitrogens with two attached hydrogens (primary N) is 1. The standard InChI is InChI=1S/C22H25N3O4S.C4H4O4/c1-15(14-25-22(27)19-7-2-3-8-20(19)30(25,28)29)17-5-4-6-18(13-17)24-11-9-16(10-12-24)21(23)26;5-3(6)1-2-4(7)8/h2-8,13,15-16H,9-12,14H2,1H3,(H2,23,26);1-2H,(H,5,6)(H,7,8)/b;2-1+. The summed E-state index contributed by atoms with van der Waals surface area (Å²) in [7, 11) is -3.81. The Morgan fingerprint density at radius 1 is 1.03 bits per heavy atom. The molecular formula is C26H29N3O8S. The molecule has 2 aromatic rings. The number of carboxylic acids is 2. The third-order valence-corrected chi connectivity index (χ3v) is 8.23. The maximum absolute atomic E-state index is 12.8. The van der Waals surface area contributed by atoms with Gasteiger partial charge in [-0.1, -0.05) is 31.2 Å². The summed E-state index contributed by atoms with van der Waals surface area (Å²) < 4.78 is 26.6. The van der Waals surface area contributed by atoms with Gasteiger partial charge in [0, 0.05) is 43.4 Å². The van der Waals surface area contributed by atoms with Crippen molar-refractivity contribution < 1.29 is 37.8 Å². The number of benzene rings is 2. The van der Waals surface area contributed by atoms with Crippen LogP contribution in [0.25, 0.3) is 0 Å². The van der Waals surface area contributed by atoms with Gasteiger partial charge < -0.3 is 20.8 Å². The second-order valence-corrected chi connectivity index (χ2v) is 10.8. The number of piperidine rings is 1. The molecule has 0 spiro atoms. The van der Waals surface area contributed by atoms with Crippen LogP contribution in [0, 0.1) is 5.92 Å². The molecule has 12 heteroatoms. The van der Waals surface area contributed by atoms with Crippen molar-refractivity contribution in [2.75, 3.05) is 24.5 Å². The van der Waals surface area contributed by atoms with E-state index in [2.05, 4.69) is 4.90 Å². The zero-order chi connectivity index (χ0) is 28.0. The van der Waals surface area contributed by atoms with E-state index in [1.165, 1.54) is 6.07 Å². The molecule has 0 aliphatic carbocycles. The Labute approximate surface area is 220 Å². The molecule has 2 aliphatic heterocycles. The Balaban J connectivity index is 0.000000436. The zero-order valence-corrected chi connectivity index (χ0v) is 21.5. The van der Waals surface area contributed by atoms with Crippen LogP contribution in [0.15, 0.2) is 65.6 Å². The molecule has 4 N–H and O–H groups in total. The Morgan fingerprint density at radius 3 is 2.18 bits per heavy atom. The number of sulfonamides is 1. The molecule has 11 nitrogen and oxygen atoms in total. The van der Waals surface area contributed by atoms with Crippen molar-refractivity contribution in [2.24, 2.45) is 11.7 Å². The van der Waals surface area contributed by atoms with E-state index in [-0.39, 0.29) is 34.7 Å². The summed E-state index contributed by atoms with van der Waals surface area (Å²) in [5.41, 5.74) is 7.64. The van der Waals surface area contributed by atoms with Crippen molar-refractivity contribution >= 4 is 39.5 Å². The lowest BCUT2D eigenvalue weighted by atomic mass is 9.95. The Hall–Kier alpha value is -4.19. The Kier molecular flexibility index (Phi) is 8.89. The highest BCUT2D eigenvalue weighted by Crippen LogP contribution is 2.33. The summed E-state index contributed by atoms with van der Waals surface area (Å²) in [5.74, 6) is -3.46. The molecule has 0 saturated carbocycles. The number of carbonyl (C=O) groups is 4. The molecule has 0 radical (unpaired) electrons. The van der Waals surface area contributed by atoms with Gasteiger partial charge in [0.25, 0.3) is 15.9 Å². The smallest absolute Gasteiger partial charge is 0.328 e. The number of hydrogen-bond acceptors (Lipinski definition) is 7. The summed E-state index contributed by atoms with van der Waals surface area (Å²) in [4.78, 5) is 45.5. The van der Waals surface area contributed by atoms with Crippen molar-refractivity contribution in [3.05, 3.63) is 71.8 Å². The fourth-order valence-corrected chi connectivity index (χ4v) is 6.02. The summed E-state index contributed by atoms with van der Waals surface area (Å²) in [6, 6.07) is 14.3. The summed E-state index contributed by atoms with van der Waals surface area (Å²) >= 11 is 0. The zero-order valence-electron chi connectivity index (χ0n) is 20.7. The van der Waals surface area contributed by atoms with Crippen molar-refractivity contribution in [3.8, 4) is 0 Å². The molecule has 2 aromatic carbocycles. The van der Waals surface area contributed by atoms with E-state index in [1.54, 1.807) is 18.2 Å². The maximum atomic E-state index is 12.8. The number of amides is 2. The van der Waals surface area contributed by atoms with Gasteiger partial charge in [-0.15, -0.1) is 0 Å². The SMILES string of the molecule is CC(CN1C(=O)c2ccccc2S1(=O)=O)c1cccc(N2CCC(C(N)=O)CC2)c1.O=C(O)/C=C/C(=O)O. The molecule has 2 heterocycles. The highest BCUT2D eigenvalue weighted by atomic mass is 32.2. The average molecular weight is 544 g/mol. The minimum absolute atomic E-state index is 0.0728. The van der Waals surface area contributed by atoms with Crippen LogP contribution in [0.2, 0.25) is 0 Å². The van der Waals surface area contributed by atoms with Gasteiger partial charge in [-0.2, -0.15) is 0 Å². The molecule has 4 rings (SSSR count). The van der Waals surface area contributed by atoms with Crippen LogP contribution in [0.3, 0.4) is 0 Å². The quantitative estimate of drug-likeness (QED) is 0.441. The third kappa shape index (κ3) is 6.57. The van der Waals surface area contributed by atoms with E-state index in [4.69, 9.17) is 15.9 Å². The fourth-order valence-electron chi connectivity index (χ4n) is 4.36. The van der Waals surface area contributed by atoms with Crippen LogP contribution in [-0.4, -0.2) is 66.3 Å². The predicted octanol–water partition coefficient (Wildman–Crippen LogP) is 2.05. The van der Waals surface area contributed by atoms with E-state index in [1.807, 2.05) is 31.2 Å². The molecule has 1 saturated heterocycles. The van der Waals surface area contributed by atoms with Gasteiger partial charge in [0.05, 0.1) is 5.56 Å². The van der Waals surface area contributed by atoms with Crippen LogP contribution in [0.5, 0.6) is 0 Å². The van der Waals surface area contributed by atoms with Gasteiger partial charge in [-0.25, -0.2) is 22.3 Å². The first-order valence-corrected chi connectivity index (χ1v) is 13.3. The minimum atomic E-state index is -3.81. The van der Waals surface area contributed by atoms with E-state index in [9.17, 15) is 27.6 Å². The fraction of sp³-hybridized carbons (Fsp3) is 0.308. The molecule has 2 aliphatic rings. The molecule has 1 unspecified atom stereocenters. The monoisotopic (exact) mass is 543 g/mol. The molecule has 202 valence electrons. The average Bonchev–Trinajstić information content (AvgIpc) is 3.08. The number of nitrogens with zero attached hydrogens (tertiary/aromatic N) is 2. The van der Waals surface area contributed by atoms with Crippen LogP contribution < -0.4 is 10.6 Å². The summed E-state index contributed by atoms with van der Waals surface area (Å²) in [6.07, 6.45) is 2.58. The molecule has 0 bridgehead atoms. The molecule has 1 atom stereocenters. The van der Waals surface area contributed by atoms with Crippen molar-refractivity contribution in [1.29, 1.82) is 0 Å². The number of aliphatic carboxylic acids is 2. The number of hydrogen-bond donors (Lipinski definition) is 3. The Morgan fingerprint density at radius 2 is 1.63 bits per heavy atom. The number of fused-ring (bicyclic) bond motifs is 1. The third-order valence-electron chi connectivity index (χ3n) is 6.42. The Bertz CT molecular complexity index is 1350. The van der Waals surface area contributed by atoms with Gasteiger partial charge in [0.15, 0.2) is 0 Å². The molecule has 0 aromatic heterocycles. The second kappa shape index (κ2) is 11.9. The predicted molar refractivity (Wildman–Crippen MR) is 138 cm³/mol. The number of carbonyl (C=O) groups excluding carboxylic acids is 2. The van der Waals surface area contributed by atoms with Crippen molar-refractivity contribution in [1.82, 2.24) is 4.31 Å². The van der Waals surface area contributed by atoms with Gasteiger partial charge in [0.2, 0.25) is 5.91 Å². The number of primary amides is 1. The minimum Gasteiger partial charge on any atom is -0.478 e. The summed E-state index contributed by atoms with van der Waals surface area (Å²) in [5, 5.41) is 15.6. The van der Waals surface area contributed by atoms with E-state index in [0.717, 1.165) is 41.5 Å². The number of rotatable bonds is 7. The lowest BCUT2D eigenvalue weighted by Crippen LogP contribution is -2.38. The molecule has 2 amide bonds. The van der Waals surface area contributed by atoms with Crippen LogP contribution in [0.4, 0.5) is 5.69 Å². The van der Waals surface area contributed by atoms with E-state index < -0.39 is 27.9 Å². The first kappa shape index (κ1) is 28.4. The second-order valence-electron chi connectivity index (χ2n) is 9.01. The van der Waals surface area contributed by atoms with Crippen molar-refractivity contribution in [3.63, 3.8) is 0 Å². The van der Waals surface area contributed by atoms with Gasteiger partial charge in [0.1, 0.15) is 4.90 Å². The van der Waals surface area contributed by atoms with Gasteiger partial charge >= 0.3 is 11.9 Å². The maximum Gasteiger partial charge on any atom is 0.328 e. The summed E-state index contributed by atoms with van der Waals surface area (Å²) in [6.45, 7) is 3.51. The topological polar surface area (TPSA) is 175 Å². The van der Waals surface area contributed by atoms with Gasteiger partial charge in [-0.05, 0) is 48.6 Å². The lowest BCUT2D eigenvalue weighted by molar-refractivity contribution is -0.134. The van der Waals surface area contributed by atoms with Gasteiger partial charge in [-0.3, -0.25) is 9.59 Å². The first-order chi connectivity index (χ1) is 17.9. The normalized spacial score (nSPS) is 17.4. The molecular weight excluding hydrogens is 514 g/mol.